The van der Waals surface area contributed by atoms with Crippen molar-refractivity contribution in [3.8, 4) is 22.9 Å². The van der Waals surface area contributed by atoms with Gasteiger partial charge in [-0.05, 0) is 61.2 Å². The summed E-state index contributed by atoms with van der Waals surface area (Å²) in [6, 6.07) is 12.4. The van der Waals surface area contributed by atoms with Crippen LogP contribution in [-0.4, -0.2) is 9.78 Å². The fourth-order valence-electron chi connectivity index (χ4n) is 3.52. The van der Waals surface area contributed by atoms with Gasteiger partial charge in [0.05, 0.1) is 11.4 Å². The summed E-state index contributed by atoms with van der Waals surface area (Å²) in [5, 5.41) is 14.1. The van der Waals surface area contributed by atoms with E-state index in [1.54, 1.807) is 23.9 Å². The van der Waals surface area contributed by atoms with Gasteiger partial charge in [0.15, 0.2) is 0 Å². The van der Waals surface area contributed by atoms with E-state index in [9.17, 15) is 9.65 Å². The molecule has 0 aliphatic heterocycles. The minimum Gasteiger partial charge on any atom is -0.484 e. The van der Waals surface area contributed by atoms with E-state index in [0.29, 0.717) is 17.1 Å². The number of halogens is 1. The van der Waals surface area contributed by atoms with Crippen LogP contribution in [0.25, 0.3) is 11.1 Å². The predicted octanol–water partition coefficient (Wildman–Crippen LogP) is 5.08. The van der Waals surface area contributed by atoms with E-state index in [0.717, 1.165) is 40.8 Å². The zero-order valence-electron chi connectivity index (χ0n) is 17.2. The lowest BCUT2D eigenvalue weighted by Crippen LogP contribution is -2.07. The van der Waals surface area contributed by atoms with Gasteiger partial charge in [-0.15, -0.1) is 0 Å². The number of nitrogens with two attached hydrogens (primary N) is 1. The van der Waals surface area contributed by atoms with Crippen molar-refractivity contribution in [2.24, 2.45) is 7.05 Å². The maximum Gasteiger partial charge on any atom is 0.146 e. The van der Waals surface area contributed by atoms with Crippen molar-refractivity contribution in [3.05, 3.63) is 64.7 Å². The molecular formula is C23H25FN4O. The summed E-state index contributed by atoms with van der Waals surface area (Å²) in [5.74, 6) is 0.190. The molecule has 0 fully saturated rings. The molecule has 0 spiro atoms. The molecule has 0 saturated heterocycles. The molecule has 0 aliphatic carbocycles. The zero-order valence-corrected chi connectivity index (χ0v) is 17.2. The Balaban J connectivity index is 2.02. The standard InChI is InChI=1S/C23H25FN4O/c1-5-6-20-23(21(13-25)28(4)27-20)16-8-10-19(26)22(11-16)29-15(3)18-12-17(24)9-7-14(18)2/h7-12,15H,5-6,26H2,1-4H3/t15-/m1/s1. The number of nitrogens with zero attached hydrogens (tertiary/aromatic N) is 3. The Kier molecular flexibility index (Phi) is 5.88. The molecule has 2 N–H and O–H groups in total. The summed E-state index contributed by atoms with van der Waals surface area (Å²) in [7, 11) is 1.77. The van der Waals surface area contributed by atoms with Crippen molar-refractivity contribution in [2.45, 2.75) is 39.7 Å². The third-order valence-electron chi connectivity index (χ3n) is 5.00. The molecule has 0 aliphatic rings. The second-order valence-electron chi connectivity index (χ2n) is 7.17. The molecule has 0 radical (unpaired) electrons. The Morgan fingerprint density at radius 2 is 2.03 bits per heavy atom. The number of aromatic nitrogens is 2. The third kappa shape index (κ3) is 4.09. The number of nitrogen functional groups attached to an aromatic ring is 1. The average molecular weight is 392 g/mol. The summed E-state index contributed by atoms with van der Waals surface area (Å²) >= 11 is 0. The highest BCUT2D eigenvalue weighted by molar-refractivity contribution is 5.75. The maximum atomic E-state index is 13.7. The Hall–Kier alpha value is -3.33. The molecular weight excluding hydrogens is 367 g/mol. The molecule has 0 amide bonds. The van der Waals surface area contributed by atoms with Crippen LogP contribution >= 0.6 is 0 Å². The third-order valence-corrected chi connectivity index (χ3v) is 5.00. The number of ether oxygens (including phenoxy) is 1. The van der Waals surface area contributed by atoms with Gasteiger partial charge in [-0.25, -0.2) is 4.39 Å². The molecule has 29 heavy (non-hydrogen) atoms. The first kappa shape index (κ1) is 20.4. The molecule has 150 valence electrons. The van der Waals surface area contributed by atoms with E-state index >= 15 is 0 Å². The van der Waals surface area contributed by atoms with Crippen molar-refractivity contribution in [2.75, 3.05) is 5.73 Å². The second kappa shape index (κ2) is 8.36. The first-order chi connectivity index (χ1) is 13.8. The van der Waals surface area contributed by atoms with Crippen LogP contribution in [0.3, 0.4) is 0 Å². The highest BCUT2D eigenvalue weighted by Gasteiger charge is 2.19. The number of hydrogen-bond donors (Lipinski definition) is 1. The summed E-state index contributed by atoms with van der Waals surface area (Å²) in [6.07, 6.45) is 1.30. The average Bonchev–Trinajstić information content (AvgIpc) is 3.00. The van der Waals surface area contributed by atoms with E-state index in [1.807, 2.05) is 26.0 Å². The van der Waals surface area contributed by atoms with E-state index < -0.39 is 0 Å². The molecule has 0 saturated carbocycles. The van der Waals surface area contributed by atoms with E-state index in [1.165, 1.54) is 12.1 Å². The molecule has 3 rings (SSSR count). The quantitative estimate of drug-likeness (QED) is 0.594. The minimum atomic E-state index is -0.386. The lowest BCUT2D eigenvalue weighted by atomic mass is 10.00. The number of nitriles is 1. The van der Waals surface area contributed by atoms with Crippen LogP contribution in [0.4, 0.5) is 10.1 Å². The van der Waals surface area contributed by atoms with Crippen molar-refractivity contribution < 1.29 is 9.13 Å². The molecule has 1 heterocycles. The van der Waals surface area contributed by atoms with E-state index in [4.69, 9.17) is 10.5 Å². The van der Waals surface area contributed by atoms with Crippen LogP contribution in [0, 0.1) is 24.1 Å². The molecule has 2 aromatic carbocycles. The van der Waals surface area contributed by atoms with Crippen molar-refractivity contribution >= 4 is 5.69 Å². The summed E-state index contributed by atoms with van der Waals surface area (Å²) in [5.41, 5.74) is 11.3. The first-order valence-corrected chi connectivity index (χ1v) is 9.64. The van der Waals surface area contributed by atoms with Gasteiger partial charge in [-0.1, -0.05) is 25.5 Å². The van der Waals surface area contributed by atoms with Gasteiger partial charge in [-0.2, -0.15) is 10.4 Å². The van der Waals surface area contributed by atoms with Gasteiger partial charge in [-0.3, -0.25) is 4.68 Å². The molecule has 1 aromatic heterocycles. The molecule has 6 heteroatoms. The molecule has 5 nitrogen and oxygen atoms in total. The lowest BCUT2D eigenvalue weighted by molar-refractivity contribution is 0.227. The molecule has 0 bridgehead atoms. The molecule has 1 atom stereocenters. The Bertz CT molecular complexity index is 1080. The fraction of sp³-hybridized carbons (Fsp3) is 0.304. The highest BCUT2D eigenvalue weighted by Crippen LogP contribution is 2.35. The van der Waals surface area contributed by atoms with Crippen LogP contribution in [0.5, 0.6) is 5.75 Å². The predicted molar refractivity (Wildman–Crippen MR) is 112 cm³/mol. The van der Waals surface area contributed by atoms with Crippen molar-refractivity contribution in [1.29, 1.82) is 5.26 Å². The van der Waals surface area contributed by atoms with E-state index in [2.05, 4.69) is 18.1 Å². The van der Waals surface area contributed by atoms with Gasteiger partial charge in [0.25, 0.3) is 0 Å². The summed E-state index contributed by atoms with van der Waals surface area (Å²) in [4.78, 5) is 0. The monoisotopic (exact) mass is 392 g/mol. The Labute approximate surface area is 170 Å². The Morgan fingerprint density at radius 3 is 2.72 bits per heavy atom. The van der Waals surface area contributed by atoms with Gasteiger partial charge in [0, 0.05) is 12.6 Å². The molecule has 0 unspecified atom stereocenters. The van der Waals surface area contributed by atoms with Crippen molar-refractivity contribution in [1.82, 2.24) is 9.78 Å². The van der Waals surface area contributed by atoms with Gasteiger partial charge < -0.3 is 10.5 Å². The number of hydrogen-bond acceptors (Lipinski definition) is 4. The number of aryl methyl sites for hydroxylation is 3. The SMILES string of the molecule is CCCc1nn(C)c(C#N)c1-c1ccc(N)c(O[C@H](C)c2cc(F)ccc2C)c1. The highest BCUT2D eigenvalue weighted by atomic mass is 19.1. The largest absolute Gasteiger partial charge is 0.484 e. The minimum absolute atomic E-state index is 0.305. The topological polar surface area (TPSA) is 76.9 Å². The summed E-state index contributed by atoms with van der Waals surface area (Å²) in [6.45, 7) is 5.85. The zero-order chi connectivity index (χ0) is 21.1. The normalized spacial score (nSPS) is 11.9. The number of anilines is 1. The smallest absolute Gasteiger partial charge is 0.146 e. The van der Waals surface area contributed by atoms with Gasteiger partial charge in [0.2, 0.25) is 0 Å². The van der Waals surface area contributed by atoms with Crippen LogP contribution in [-0.2, 0) is 13.5 Å². The fourth-order valence-corrected chi connectivity index (χ4v) is 3.52. The van der Waals surface area contributed by atoms with Gasteiger partial charge >= 0.3 is 0 Å². The van der Waals surface area contributed by atoms with Crippen LogP contribution in [0.1, 0.15) is 48.9 Å². The summed E-state index contributed by atoms with van der Waals surface area (Å²) < 4.78 is 21.4. The molecule has 3 aromatic rings. The van der Waals surface area contributed by atoms with Crippen LogP contribution < -0.4 is 10.5 Å². The van der Waals surface area contributed by atoms with Crippen LogP contribution in [0.2, 0.25) is 0 Å². The van der Waals surface area contributed by atoms with Gasteiger partial charge in [0.1, 0.15) is 29.4 Å². The number of rotatable bonds is 6. The lowest BCUT2D eigenvalue weighted by Gasteiger charge is -2.19. The number of benzene rings is 2. The second-order valence-corrected chi connectivity index (χ2v) is 7.17. The van der Waals surface area contributed by atoms with Crippen LogP contribution in [0.15, 0.2) is 36.4 Å². The van der Waals surface area contributed by atoms with Crippen molar-refractivity contribution in [3.63, 3.8) is 0 Å². The Morgan fingerprint density at radius 1 is 1.28 bits per heavy atom. The maximum absolute atomic E-state index is 13.7. The first-order valence-electron chi connectivity index (χ1n) is 9.64. The van der Waals surface area contributed by atoms with E-state index in [-0.39, 0.29) is 11.9 Å².